The molecule has 0 unspecified atom stereocenters. The highest BCUT2D eigenvalue weighted by Gasteiger charge is 2.26. The van der Waals surface area contributed by atoms with Crippen LogP contribution >= 0.6 is 0 Å². The number of rotatable bonds is 6. The molecule has 0 saturated carbocycles. The highest BCUT2D eigenvalue weighted by atomic mass is 32.2. The molecule has 3 aromatic heterocycles. The number of nitrogens with one attached hydrogen (secondary N) is 1. The van der Waals surface area contributed by atoms with E-state index in [0.29, 0.717) is 11.5 Å². The predicted octanol–water partition coefficient (Wildman–Crippen LogP) is 3.15. The Morgan fingerprint density at radius 1 is 1.11 bits per heavy atom. The molecule has 0 amide bonds. The number of anilines is 3. The fraction of sp³-hybridized carbons (Fsp3) is 0.348. The second-order valence-electron chi connectivity index (χ2n) is 8.57. The zero-order valence-corrected chi connectivity index (χ0v) is 20.2. The van der Waals surface area contributed by atoms with E-state index in [1.165, 1.54) is 12.1 Å². The minimum Gasteiger partial charge on any atom is -0.341 e. The second kappa shape index (κ2) is 9.17. The molecule has 0 atom stereocenters. The zero-order chi connectivity index (χ0) is 24.6. The molecule has 1 N–H and O–H groups in total. The molecule has 1 fully saturated rings. The van der Waals surface area contributed by atoms with Gasteiger partial charge in [-0.2, -0.15) is 0 Å². The summed E-state index contributed by atoms with van der Waals surface area (Å²) in [5.74, 6) is 1.39. The quantitative estimate of drug-likeness (QED) is 0.429. The van der Waals surface area contributed by atoms with E-state index >= 15 is 0 Å². The molecule has 1 aliphatic rings. The van der Waals surface area contributed by atoms with Gasteiger partial charge in [0.1, 0.15) is 11.6 Å². The number of hydrogen-bond acceptors (Lipinski definition) is 9. The van der Waals surface area contributed by atoms with E-state index in [9.17, 15) is 12.8 Å². The number of fused-ring (bicyclic) bond motifs is 1. The standard InChI is InChI=1S/C23H25FN8O2S/c1-3-15-13-26-23(27-14-15)31-9-6-16(7-10-31)21-29-30-22-20(25-8-11-32(21)22)28-19-5-4-17(12-18(19)24)35(2,33)34/h4-5,8,11-14,16H,3,6-7,9-10H2,1-2H3,(H,25,28). The van der Waals surface area contributed by atoms with E-state index in [1.807, 2.05) is 16.8 Å². The van der Waals surface area contributed by atoms with Crippen molar-refractivity contribution in [3.63, 3.8) is 0 Å². The van der Waals surface area contributed by atoms with Crippen LogP contribution in [-0.4, -0.2) is 57.3 Å². The Morgan fingerprint density at radius 3 is 2.51 bits per heavy atom. The van der Waals surface area contributed by atoms with E-state index in [1.54, 1.807) is 12.4 Å². The summed E-state index contributed by atoms with van der Waals surface area (Å²) < 4.78 is 39.8. The summed E-state index contributed by atoms with van der Waals surface area (Å²) in [5, 5.41) is 11.6. The predicted molar refractivity (Wildman–Crippen MR) is 129 cm³/mol. The number of nitrogens with zero attached hydrogens (tertiary/aromatic N) is 7. The maximum atomic E-state index is 14.6. The van der Waals surface area contributed by atoms with E-state index in [4.69, 9.17) is 0 Å². The van der Waals surface area contributed by atoms with Gasteiger partial charge in [0.15, 0.2) is 15.7 Å². The molecule has 4 aromatic rings. The van der Waals surface area contributed by atoms with E-state index in [0.717, 1.165) is 62.0 Å². The van der Waals surface area contributed by atoms with Gasteiger partial charge in [0, 0.05) is 50.1 Å². The van der Waals surface area contributed by atoms with Crippen molar-refractivity contribution in [2.45, 2.75) is 37.0 Å². The molecule has 5 rings (SSSR count). The second-order valence-corrected chi connectivity index (χ2v) is 10.6. The van der Waals surface area contributed by atoms with Gasteiger partial charge in [-0.25, -0.2) is 27.8 Å². The lowest BCUT2D eigenvalue weighted by Gasteiger charge is -2.31. The molecule has 1 aliphatic heterocycles. The third kappa shape index (κ3) is 4.65. The normalized spacial score (nSPS) is 15.0. The fourth-order valence-electron chi connectivity index (χ4n) is 4.20. The summed E-state index contributed by atoms with van der Waals surface area (Å²) in [4.78, 5) is 15.4. The maximum Gasteiger partial charge on any atom is 0.225 e. The molecule has 0 bridgehead atoms. The first-order valence-electron chi connectivity index (χ1n) is 11.4. The molecule has 35 heavy (non-hydrogen) atoms. The van der Waals surface area contributed by atoms with Crippen molar-refractivity contribution in [3.8, 4) is 0 Å². The van der Waals surface area contributed by atoms with Crippen molar-refractivity contribution in [3.05, 3.63) is 60.2 Å². The van der Waals surface area contributed by atoms with E-state index in [-0.39, 0.29) is 16.5 Å². The van der Waals surface area contributed by atoms with Gasteiger partial charge in [-0.1, -0.05) is 6.92 Å². The first-order valence-corrected chi connectivity index (χ1v) is 13.2. The number of hydrogen-bond donors (Lipinski definition) is 1. The first-order chi connectivity index (χ1) is 16.8. The molecule has 1 saturated heterocycles. The number of sulfone groups is 1. The number of piperidine rings is 1. The number of benzene rings is 1. The lowest BCUT2D eigenvalue weighted by Crippen LogP contribution is -2.34. The molecule has 4 heterocycles. The third-order valence-electron chi connectivity index (χ3n) is 6.22. The molecule has 12 heteroatoms. The van der Waals surface area contributed by atoms with Crippen molar-refractivity contribution < 1.29 is 12.8 Å². The van der Waals surface area contributed by atoms with Crippen LogP contribution in [0.25, 0.3) is 5.65 Å². The average Bonchev–Trinajstić information content (AvgIpc) is 3.30. The van der Waals surface area contributed by atoms with Crippen LogP contribution in [0.2, 0.25) is 0 Å². The van der Waals surface area contributed by atoms with Crippen molar-refractivity contribution >= 4 is 32.9 Å². The summed E-state index contributed by atoms with van der Waals surface area (Å²) in [6.45, 7) is 3.69. The minimum atomic E-state index is -3.50. The van der Waals surface area contributed by atoms with Crippen LogP contribution in [0.1, 0.15) is 37.1 Å². The average molecular weight is 497 g/mol. The SMILES string of the molecule is CCc1cnc(N2CCC(c3nnc4c(Nc5ccc(S(C)(=O)=O)cc5F)nccn34)CC2)nc1. The van der Waals surface area contributed by atoms with Crippen LogP contribution in [0.5, 0.6) is 0 Å². The number of aromatic nitrogens is 6. The highest BCUT2D eigenvalue weighted by molar-refractivity contribution is 7.90. The van der Waals surface area contributed by atoms with Crippen molar-refractivity contribution in [2.24, 2.45) is 0 Å². The molecular formula is C23H25FN8O2S. The number of halogens is 1. The van der Waals surface area contributed by atoms with Gasteiger partial charge in [-0.05, 0) is 43.0 Å². The van der Waals surface area contributed by atoms with Crippen LogP contribution in [0.15, 0.2) is 47.9 Å². The van der Waals surface area contributed by atoms with Crippen LogP contribution in [0, 0.1) is 5.82 Å². The Kier molecular flexibility index (Phi) is 6.05. The Bertz CT molecular complexity index is 1460. The van der Waals surface area contributed by atoms with Gasteiger partial charge >= 0.3 is 0 Å². The topological polar surface area (TPSA) is 118 Å². The maximum absolute atomic E-state index is 14.6. The molecule has 0 spiro atoms. The van der Waals surface area contributed by atoms with Crippen LogP contribution < -0.4 is 10.2 Å². The Labute approximate surface area is 202 Å². The van der Waals surface area contributed by atoms with Gasteiger partial charge in [0.05, 0.1) is 10.6 Å². The Hall–Kier alpha value is -3.67. The fourth-order valence-corrected chi connectivity index (χ4v) is 4.83. The van der Waals surface area contributed by atoms with Gasteiger partial charge in [0.25, 0.3) is 0 Å². The molecule has 1 aromatic carbocycles. The van der Waals surface area contributed by atoms with Gasteiger partial charge in [-0.15, -0.1) is 10.2 Å². The lowest BCUT2D eigenvalue weighted by atomic mass is 9.96. The smallest absolute Gasteiger partial charge is 0.225 e. The Balaban J connectivity index is 1.34. The Morgan fingerprint density at radius 2 is 1.86 bits per heavy atom. The minimum absolute atomic E-state index is 0.0884. The van der Waals surface area contributed by atoms with Crippen LogP contribution in [0.3, 0.4) is 0 Å². The van der Waals surface area contributed by atoms with Gasteiger partial charge < -0.3 is 10.2 Å². The van der Waals surface area contributed by atoms with Gasteiger partial charge in [-0.3, -0.25) is 4.40 Å². The van der Waals surface area contributed by atoms with Crippen molar-refractivity contribution in [1.29, 1.82) is 0 Å². The lowest BCUT2D eigenvalue weighted by molar-refractivity contribution is 0.477. The van der Waals surface area contributed by atoms with Crippen LogP contribution in [-0.2, 0) is 16.3 Å². The highest BCUT2D eigenvalue weighted by Crippen LogP contribution is 2.30. The summed E-state index contributed by atoms with van der Waals surface area (Å²) in [6, 6.07) is 3.71. The first kappa shape index (κ1) is 23.1. The third-order valence-corrected chi connectivity index (χ3v) is 7.33. The monoisotopic (exact) mass is 496 g/mol. The van der Waals surface area contributed by atoms with E-state index in [2.05, 4.69) is 42.3 Å². The molecule has 10 nitrogen and oxygen atoms in total. The molecule has 0 aliphatic carbocycles. The van der Waals surface area contributed by atoms with Gasteiger partial charge in [0.2, 0.25) is 11.6 Å². The molecule has 0 radical (unpaired) electrons. The van der Waals surface area contributed by atoms with Crippen LogP contribution in [0.4, 0.5) is 21.8 Å². The summed E-state index contributed by atoms with van der Waals surface area (Å²) in [7, 11) is -3.50. The van der Waals surface area contributed by atoms with Crippen molar-refractivity contribution in [1.82, 2.24) is 29.5 Å². The van der Waals surface area contributed by atoms with E-state index < -0.39 is 15.7 Å². The molecular weight excluding hydrogens is 471 g/mol. The summed E-state index contributed by atoms with van der Waals surface area (Å²) >= 11 is 0. The summed E-state index contributed by atoms with van der Waals surface area (Å²) in [5.41, 5.74) is 1.68. The number of aryl methyl sites for hydroxylation is 1. The summed E-state index contributed by atoms with van der Waals surface area (Å²) in [6.07, 6.45) is 10.8. The largest absolute Gasteiger partial charge is 0.341 e. The zero-order valence-electron chi connectivity index (χ0n) is 19.4. The van der Waals surface area contributed by atoms with Crippen molar-refractivity contribution in [2.75, 3.05) is 29.6 Å². The molecule has 182 valence electrons.